The first kappa shape index (κ1) is 76.6. The van der Waals surface area contributed by atoms with Gasteiger partial charge in [-0.05, 0) is 189 Å². The third kappa shape index (κ3) is 14.0. The number of fused-ring (bicyclic) bond motifs is 6. The van der Waals surface area contributed by atoms with Gasteiger partial charge in [0.05, 0.1) is 101 Å². The van der Waals surface area contributed by atoms with Crippen molar-refractivity contribution in [3.63, 3.8) is 0 Å². The number of halogens is 30. The molecular weight excluding hydrogens is 1540 g/mol. The van der Waals surface area contributed by atoms with E-state index in [4.69, 9.17) is 0 Å². The molecule has 13 rings (SSSR count). The second kappa shape index (κ2) is 25.8. The van der Waals surface area contributed by atoms with Crippen LogP contribution in [0.2, 0.25) is 0 Å². The molecule has 0 aliphatic rings. The Hall–Kier alpha value is -11.6. The van der Waals surface area contributed by atoms with Crippen LogP contribution in [0.3, 0.4) is 0 Å². The Morgan fingerprint density at radius 3 is 0.691 bits per heavy atom. The van der Waals surface area contributed by atoms with E-state index in [0.717, 1.165) is 118 Å². The van der Waals surface area contributed by atoms with Gasteiger partial charge >= 0.3 is 61.8 Å². The maximum absolute atomic E-state index is 15.4. The lowest BCUT2D eigenvalue weighted by Crippen LogP contribution is -2.12. The van der Waals surface area contributed by atoms with Gasteiger partial charge in [0.1, 0.15) is 0 Å². The van der Waals surface area contributed by atoms with Crippen LogP contribution in [-0.2, 0) is 61.8 Å². The highest BCUT2D eigenvalue weighted by molar-refractivity contribution is 6.14. The fourth-order valence-electron chi connectivity index (χ4n) is 13.5. The Morgan fingerprint density at radius 2 is 0.455 bits per heavy atom. The van der Waals surface area contributed by atoms with Crippen LogP contribution in [0, 0.1) is 11.3 Å². The van der Waals surface area contributed by atoms with E-state index in [1.54, 1.807) is 0 Å². The van der Waals surface area contributed by atoms with E-state index in [1.807, 2.05) is 6.07 Å². The van der Waals surface area contributed by atoms with Gasteiger partial charge in [-0.25, -0.2) is 0 Å². The lowest BCUT2D eigenvalue weighted by atomic mass is 9.90. The fraction of sp³-hybridized carbons (Fsp3) is 0.130. The molecular formula is C77H33F30N3. The van der Waals surface area contributed by atoms with Crippen molar-refractivity contribution in [3.8, 4) is 84.2 Å². The predicted octanol–water partition coefficient (Wildman–Crippen LogP) is 27.9. The Balaban J connectivity index is 1.17. The number of nitriles is 1. The van der Waals surface area contributed by atoms with Crippen LogP contribution in [0.15, 0.2) is 200 Å². The summed E-state index contributed by atoms with van der Waals surface area (Å²) in [7, 11) is 0. The number of alkyl halides is 30. The fourth-order valence-corrected chi connectivity index (χ4v) is 13.5. The first-order valence-corrected chi connectivity index (χ1v) is 31.1. The summed E-state index contributed by atoms with van der Waals surface area (Å²) < 4.78 is 441. The largest absolute Gasteiger partial charge is 0.417 e. The van der Waals surface area contributed by atoms with Gasteiger partial charge in [-0.15, -0.1) is 0 Å². The highest BCUT2D eigenvalue weighted by Gasteiger charge is 2.45. The molecule has 0 spiro atoms. The number of hydrogen-bond acceptors (Lipinski definition) is 1. The minimum absolute atomic E-state index is 0.237. The molecule has 3 nitrogen and oxygen atoms in total. The van der Waals surface area contributed by atoms with Crippen molar-refractivity contribution in [1.82, 2.24) is 9.13 Å². The Labute approximate surface area is 595 Å². The summed E-state index contributed by atoms with van der Waals surface area (Å²) in [5.74, 6) is 0. The molecule has 0 saturated heterocycles. The SMILES string of the molecule is N#Cc1cccc(-n2c3ccc(-c4ccc(C(F)(F)F)cc4C(F)(F)F)cc3c3cc(-c4ccc(C(F)(F)F)cc4C(F)(F)F)ccc32)c1-c1cc(-c2ccc(C(F)(F)F)cc2C(F)(F)F)ccc1-n1c2ccc(-c3ccc(C(F)(F)F)cc3C(F)(F)F)cc2c2cc(-c3ccc(C(F)(F)F)cc3C(F)(F)F)ccc21. The molecule has 110 heavy (non-hydrogen) atoms. The van der Waals surface area contributed by atoms with Gasteiger partial charge in [0.15, 0.2) is 0 Å². The molecule has 0 saturated carbocycles. The highest BCUT2D eigenvalue weighted by Crippen LogP contribution is 2.53. The summed E-state index contributed by atoms with van der Waals surface area (Å²) in [5.41, 5.74) is -30.5. The summed E-state index contributed by atoms with van der Waals surface area (Å²) >= 11 is 0. The van der Waals surface area contributed by atoms with Gasteiger partial charge in [0, 0.05) is 32.7 Å². The quantitative estimate of drug-likeness (QED) is 0.140. The number of benzene rings is 11. The summed E-state index contributed by atoms with van der Waals surface area (Å²) in [5, 5.41) is 9.79. The second-order valence-electron chi connectivity index (χ2n) is 24.9. The van der Waals surface area contributed by atoms with Crippen molar-refractivity contribution in [2.45, 2.75) is 61.8 Å². The normalized spacial score (nSPS) is 13.4. The van der Waals surface area contributed by atoms with E-state index in [1.165, 1.54) is 0 Å². The third-order valence-corrected chi connectivity index (χ3v) is 18.3. The Morgan fingerprint density at radius 1 is 0.218 bits per heavy atom. The topological polar surface area (TPSA) is 33.6 Å². The standard InChI is InChI=1S/C77H33F30N3/c78-68(79,80)41-9-14-46(56(29-41)73(93,94)95)35-4-19-61-51(24-35)52-25-36(47-15-10-42(69(81,82)83)30-57(47)74(96,97)98)5-20-62(52)109(61)65-23-8-39(50-18-13-45(72(90,91)92)33-60(50)77(105,106)107)28-55(65)67-40(34-108)2-1-3-66(67)110-63-21-6-37(48-16-11-43(70(84,85)86)31-58(48)75(99,100)101)26-53(63)54-27-38(7-22-64(54)110)49-17-12-44(71(87,88)89)32-59(49)76(102,103)104/h1-33H. The Bertz CT molecular complexity index is 5680. The maximum atomic E-state index is 15.4. The number of aromatic nitrogens is 2. The molecule has 2 aromatic heterocycles. The molecule has 0 bridgehead atoms. The summed E-state index contributed by atoms with van der Waals surface area (Å²) in [4.78, 5) is 0. The van der Waals surface area contributed by atoms with E-state index >= 15 is 65.9 Å². The van der Waals surface area contributed by atoms with Crippen LogP contribution >= 0.6 is 0 Å². The van der Waals surface area contributed by atoms with Crippen molar-refractivity contribution in [1.29, 1.82) is 5.26 Å². The van der Waals surface area contributed by atoms with Crippen molar-refractivity contribution < 1.29 is 132 Å². The molecule has 0 fully saturated rings. The lowest BCUT2D eigenvalue weighted by Gasteiger charge is -2.22. The van der Waals surface area contributed by atoms with Gasteiger partial charge < -0.3 is 9.13 Å². The van der Waals surface area contributed by atoms with E-state index in [0.29, 0.717) is 30.3 Å². The average Bonchev–Trinajstić information content (AvgIpc) is 1.57. The summed E-state index contributed by atoms with van der Waals surface area (Å²) in [6.07, 6.45) is -55.1. The minimum Gasteiger partial charge on any atom is -0.309 e. The molecule has 0 aliphatic carbocycles. The van der Waals surface area contributed by atoms with Gasteiger partial charge in [0.2, 0.25) is 0 Å². The van der Waals surface area contributed by atoms with Crippen LogP contribution in [0.1, 0.15) is 61.2 Å². The van der Waals surface area contributed by atoms with E-state index < -0.39 is 212 Å². The van der Waals surface area contributed by atoms with Gasteiger partial charge in [-0.1, -0.05) is 66.7 Å². The molecule has 0 aliphatic heterocycles. The van der Waals surface area contributed by atoms with Crippen molar-refractivity contribution in [2.75, 3.05) is 0 Å². The van der Waals surface area contributed by atoms with Crippen LogP contribution in [0.5, 0.6) is 0 Å². The van der Waals surface area contributed by atoms with Gasteiger partial charge in [-0.3, -0.25) is 0 Å². The van der Waals surface area contributed by atoms with Crippen molar-refractivity contribution in [2.24, 2.45) is 0 Å². The predicted molar refractivity (Wildman–Crippen MR) is 342 cm³/mol. The summed E-state index contributed by atoms with van der Waals surface area (Å²) in [6.45, 7) is 0. The molecule has 0 N–H and O–H groups in total. The van der Waals surface area contributed by atoms with Crippen LogP contribution in [0.25, 0.3) is 122 Å². The highest BCUT2D eigenvalue weighted by atomic mass is 19.4. The monoisotopic (exact) mass is 1570 g/mol. The molecule has 11 aromatic carbocycles. The molecule has 566 valence electrons. The lowest BCUT2D eigenvalue weighted by molar-refractivity contribution is -0.144. The molecule has 33 heteroatoms. The number of hydrogen-bond donors (Lipinski definition) is 0. The van der Waals surface area contributed by atoms with E-state index in [-0.39, 0.29) is 93.5 Å². The molecule has 0 unspecified atom stereocenters. The molecule has 13 aromatic rings. The molecule has 0 radical (unpaired) electrons. The van der Waals surface area contributed by atoms with E-state index in [2.05, 4.69) is 0 Å². The number of rotatable bonds is 8. The Kier molecular flexibility index (Phi) is 18.0. The zero-order chi connectivity index (χ0) is 80.2. The molecule has 0 amide bonds. The van der Waals surface area contributed by atoms with Crippen LogP contribution in [0.4, 0.5) is 132 Å². The summed E-state index contributed by atoms with van der Waals surface area (Å²) in [6, 6.07) is 21.1. The van der Waals surface area contributed by atoms with Crippen LogP contribution < -0.4 is 0 Å². The smallest absolute Gasteiger partial charge is 0.309 e. The van der Waals surface area contributed by atoms with Gasteiger partial charge in [-0.2, -0.15) is 137 Å². The van der Waals surface area contributed by atoms with Gasteiger partial charge in [0.25, 0.3) is 0 Å². The van der Waals surface area contributed by atoms with Crippen LogP contribution in [-0.4, -0.2) is 9.13 Å². The third-order valence-electron chi connectivity index (χ3n) is 18.3. The number of nitrogens with zero attached hydrogens (tertiary/aromatic N) is 3. The van der Waals surface area contributed by atoms with E-state index in [9.17, 15) is 71.1 Å². The zero-order valence-corrected chi connectivity index (χ0v) is 53.7. The molecule has 2 heterocycles. The minimum atomic E-state index is -5.69. The zero-order valence-electron chi connectivity index (χ0n) is 53.7. The first-order chi connectivity index (χ1) is 50.8. The molecule has 0 atom stereocenters. The first-order valence-electron chi connectivity index (χ1n) is 31.1. The van der Waals surface area contributed by atoms with Crippen molar-refractivity contribution >= 4 is 43.6 Å². The second-order valence-corrected chi connectivity index (χ2v) is 24.9. The average molecular weight is 1570 g/mol. The van der Waals surface area contributed by atoms with Crippen molar-refractivity contribution in [3.05, 3.63) is 261 Å². The maximum Gasteiger partial charge on any atom is 0.417 e.